The minimum Gasteiger partial charge on any atom is -0.497 e. The molecule has 0 amide bonds. The number of aliphatic hydroxyl groups excluding tert-OH is 1. The molecule has 4 nitrogen and oxygen atoms in total. The molecule has 3 rings (SSSR count). The van der Waals surface area contributed by atoms with Gasteiger partial charge in [0, 0.05) is 9.75 Å². The van der Waals surface area contributed by atoms with E-state index in [1.165, 1.54) is 11.3 Å². The number of carboxylic acid groups (broad SMARTS) is 1. The van der Waals surface area contributed by atoms with Gasteiger partial charge < -0.3 is 14.9 Å². The second kappa shape index (κ2) is 7.51. The first-order valence-electron chi connectivity index (χ1n) is 7.80. The summed E-state index contributed by atoms with van der Waals surface area (Å²) in [4.78, 5) is 12.8. The number of hydrogen-bond acceptors (Lipinski definition) is 4. The Labute approximate surface area is 150 Å². The SMILES string of the molecule is COc1ccc(-c2sc(C(O)c3ccccc3)cc2CC(=O)O)cc1. The third-order valence-corrected chi connectivity index (χ3v) is 5.19. The van der Waals surface area contributed by atoms with E-state index in [0.29, 0.717) is 5.56 Å². The highest BCUT2D eigenvalue weighted by Crippen LogP contribution is 2.38. The highest BCUT2D eigenvalue weighted by Gasteiger charge is 2.19. The van der Waals surface area contributed by atoms with Crippen LogP contribution in [0.3, 0.4) is 0 Å². The summed E-state index contributed by atoms with van der Waals surface area (Å²) < 4.78 is 5.17. The van der Waals surface area contributed by atoms with Crippen molar-refractivity contribution in [2.45, 2.75) is 12.5 Å². The third kappa shape index (κ3) is 3.90. The van der Waals surface area contributed by atoms with Gasteiger partial charge >= 0.3 is 5.97 Å². The zero-order valence-corrected chi connectivity index (χ0v) is 14.5. The van der Waals surface area contributed by atoms with Gasteiger partial charge in [-0.25, -0.2) is 0 Å². The van der Waals surface area contributed by atoms with Crippen molar-refractivity contribution >= 4 is 17.3 Å². The van der Waals surface area contributed by atoms with Gasteiger partial charge in [0.2, 0.25) is 0 Å². The monoisotopic (exact) mass is 354 g/mol. The average Bonchev–Trinajstić information content (AvgIpc) is 3.05. The maximum absolute atomic E-state index is 11.2. The molecule has 0 spiro atoms. The van der Waals surface area contributed by atoms with Crippen LogP contribution in [-0.4, -0.2) is 23.3 Å². The number of hydrogen-bond donors (Lipinski definition) is 2. The molecule has 0 saturated carbocycles. The molecule has 3 aromatic rings. The number of thiophene rings is 1. The zero-order valence-electron chi connectivity index (χ0n) is 13.7. The van der Waals surface area contributed by atoms with Crippen LogP contribution in [0.25, 0.3) is 10.4 Å². The summed E-state index contributed by atoms with van der Waals surface area (Å²) in [6, 6.07) is 18.6. The molecule has 25 heavy (non-hydrogen) atoms. The van der Waals surface area contributed by atoms with Gasteiger partial charge in [-0.2, -0.15) is 0 Å². The Balaban J connectivity index is 2.01. The van der Waals surface area contributed by atoms with E-state index < -0.39 is 12.1 Å². The number of aliphatic carboxylic acids is 1. The first-order valence-corrected chi connectivity index (χ1v) is 8.62. The predicted octanol–water partition coefficient (Wildman–Crippen LogP) is 4.13. The van der Waals surface area contributed by atoms with Crippen LogP contribution in [0.2, 0.25) is 0 Å². The third-order valence-electron chi connectivity index (χ3n) is 3.91. The molecular formula is C20H18O4S. The van der Waals surface area contributed by atoms with Crippen LogP contribution < -0.4 is 4.74 Å². The van der Waals surface area contributed by atoms with Gasteiger partial charge in [0.05, 0.1) is 13.5 Å². The Bertz CT molecular complexity index is 853. The standard InChI is InChI=1S/C20H18O4S/c1-24-16-9-7-14(8-10-16)20-15(12-18(21)22)11-17(25-20)19(23)13-5-3-2-4-6-13/h2-11,19,23H,12H2,1H3,(H,21,22). The maximum Gasteiger partial charge on any atom is 0.307 e. The largest absolute Gasteiger partial charge is 0.497 e. The average molecular weight is 354 g/mol. The van der Waals surface area contributed by atoms with Crippen molar-refractivity contribution in [1.29, 1.82) is 0 Å². The lowest BCUT2D eigenvalue weighted by Crippen LogP contribution is -2.00. The number of methoxy groups -OCH3 is 1. The minimum atomic E-state index is -0.895. The smallest absolute Gasteiger partial charge is 0.307 e. The molecule has 0 aliphatic heterocycles. The second-order valence-electron chi connectivity index (χ2n) is 5.62. The van der Waals surface area contributed by atoms with E-state index in [1.807, 2.05) is 54.6 Å². The zero-order chi connectivity index (χ0) is 17.8. The highest BCUT2D eigenvalue weighted by atomic mass is 32.1. The van der Waals surface area contributed by atoms with Crippen molar-refractivity contribution in [2.75, 3.05) is 7.11 Å². The minimum absolute atomic E-state index is 0.0840. The molecule has 5 heteroatoms. The van der Waals surface area contributed by atoms with E-state index in [4.69, 9.17) is 4.74 Å². The van der Waals surface area contributed by atoms with Gasteiger partial charge in [0.15, 0.2) is 0 Å². The first-order chi connectivity index (χ1) is 12.1. The summed E-state index contributed by atoms with van der Waals surface area (Å²) in [5.41, 5.74) is 2.40. The topological polar surface area (TPSA) is 66.8 Å². The Morgan fingerprint density at radius 1 is 1.12 bits per heavy atom. The van der Waals surface area contributed by atoms with E-state index in [1.54, 1.807) is 13.2 Å². The summed E-state index contributed by atoms with van der Waals surface area (Å²) in [6.07, 6.45) is -0.856. The quantitative estimate of drug-likeness (QED) is 0.698. The molecule has 1 atom stereocenters. The fourth-order valence-corrected chi connectivity index (χ4v) is 3.87. The first kappa shape index (κ1) is 17.2. The second-order valence-corrected chi connectivity index (χ2v) is 6.70. The molecule has 1 unspecified atom stereocenters. The van der Waals surface area contributed by atoms with Crippen LogP contribution in [0.5, 0.6) is 5.75 Å². The lowest BCUT2D eigenvalue weighted by atomic mass is 10.0. The predicted molar refractivity (Wildman–Crippen MR) is 98.2 cm³/mol. The van der Waals surface area contributed by atoms with E-state index in [-0.39, 0.29) is 6.42 Å². The maximum atomic E-state index is 11.2. The summed E-state index contributed by atoms with van der Waals surface area (Å²) in [5.74, 6) is -0.155. The van der Waals surface area contributed by atoms with Gasteiger partial charge in [0.1, 0.15) is 11.9 Å². The molecule has 0 radical (unpaired) electrons. The molecule has 0 aliphatic rings. The van der Waals surface area contributed by atoms with Crippen molar-refractivity contribution in [1.82, 2.24) is 0 Å². The lowest BCUT2D eigenvalue weighted by Gasteiger charge is -2.08. The highest BCUT2D eigenvalue weighted by molar-refractivity contribution is 7.15. The van der Waals surface area contributed by atoms with E-state index in [9.17, 15) is 15.0 Å². The van der Waals surface area contributed by atoms with Crippen molar-refractivity contribution in [3.05, 3.63) is 76.7 Å². The molecule has 0 fully saturated rings. The summed E-state index contributed by atoms with van der Waals surface area (Å²) >= 11 is 1.42. The fourth-order valence-electron chi connectivity index (χ4n) is 2.67. The molecular weight excluding hydrogens is 336 g/mol. The number of ether oxygens (including phenoxy) is 1. The van der Waals surface area contributed by atoms with Gasteiger partial charge in [0.25, 0.3) is 0 Å². The van der Waals surface area contributed by atoms with Crippen LogP contribution in [0.15, 0.2) is 60.7 Å². The van der Waals surface area contributed by atoms with Crippen molar-refractivity contribution in [2.24, 2.45) is 0 Å². The Hall–Kier alpha value is -2.63. The fraction of sp³-hybridized carbons (Fsp3) is 0.150. The van der Waals surface area contributed by atoms with Crippen LogP contribution in [-0.2, 0) is 11.2 Å². The molecule has 2 N–H and O–H groups in total. The van der Waals surface area contributed by atoms with Crippen LogP contribution in [0.4, 0.5) is 0 Å². The van der Waals surface area contributed by atoms with Gasteiger partial charge in [-0.3, -0.25) is 4.79 Å². The molecule has 0 saturated heterocycles. The molecule has 0 bridgehead atoms. The van der Waals surface area contributed by atoms with Crippen LogP contribution in [0.1, 0.15) is 22.1 Å². The number of carboxylic acids is 1. The molecule has 128 valence electrons. The summed E-state index contributed by atoms with van der Waals surface area (Å²) in [7, 11) is 1.60. The number of benzene rings is 2. The van der Waals surface area contributed by atoms with E-state index in [2.05, 4.69) is 0 Å². The molecule has 2 aromatic carbocycles. The van der Waals surface area contributed by atoms with Crippen LogP contribution in [0, 0.1) is 0 Å². The molecule has 1 aromatic heterocycles. The van der Waals surface area contributed by atoms with E-state index >= 15 is 0 Å². The van der Waals surface area contributed by atoms with Crippen LogP contribution >= 0.6 is 11.3 Å². The number of aliphatic hydroxyl groups is 1. The van der Waals surface area contributed by atoms with E-state index in [0.717, 1.165) is 26.6 Å². The molecule has 0 aliphatic carbocycles. The van der Waals surface area contributed by atoms with Gasteiger partial charge in [-0.05, 0) is 47.0 Å². The van der Waals surface area contributed by atoms with Crippen molar-refractivity contribution in [3.8, 4) is 16.2 Å². The van der Waals surface area contributed by atoms with Crippen molar-refractivity contribution < 1.29 is 19.7 Å². The number of rotatable bonds is 6. The summed E-state index contributed by atoms with van der Waals surface area (Å²) in [5, 5.41) is 19.8. The number of carbonyl (C=O) groups is 1. The molecule has 1 heterocycles. The summed E-state index contributed by atoms with van der Waals surface area (Å²) in [6.45, 7) is 0. The Morgan fingerprint density at radius 3 is 2.40 bits per heavy atom. The van der Waals surface area contributed by atoms with Crippen molar-refractivity contribution in [3.63, 3.8) is 0 Å². The van der Waals surface area contributed by atoms with Gasteiger partial charge in [-0.1, -0.05) is 30.3 Å². The lowest BCUT2D eigenvalue weighted by molar-refractivity contribution is -0.136. The normalized spacial score (nSPS) is 11.9. The Kier molecular flexibility index (Phi) is 5.16. The Morgan fingerprint density at radius 2 is 1.80 bits per heavy atom. The van der Waals surface area contributed by atoms with Gasteiger partial charge in [-0.15, -0.1) is 11.3 Å².